The standard InChI is InChI=1S/C8H4Cl4N2O3/c9-3-1(7(13)15)2(8(16)14-17)4(10)6(12)5(3)11/h17H,(H2,13,15)(H,14,16). The number of halogens is 4. The monoisotopic (exact) mass is 316 g/mol. The van der Waals surface area contributed by atoms with Crippen molar-refractivity contribution in [3.8, 4) is 0 Å². The van der Waals surface area contributed by atoms with E-state index in [2.05, 4.69) is 0 Å². The number of benzene rings is 1. The van der Waals surface area contributed by atoms with Gasteiger partial charge in [-0.2, -0.15) is 0 Å². The number of nitrogens with one attached hydrogen (secondary N) is 1. The van der Waals surface area contributed by atoms with Crippen molar-refractivity contribution in [3.63, 3.8) is 0 Å². The number of rotatable bonds is 2. The van der Waals surface area contributed by atoms with E-state index >= 15 is 0 Å². The second-order valence-corrected chi connectivity index (χ2v) is 4.32. The molecule has 1 rings (SSSR count). The van der Waals surface area contributed by atoms with Gasteiger partial charge < -0.3 is 5.73 Å². The summed E-state index contributed by atoms with van der Waals surface area (Å²) in [6.45, 7) is 0. The van der Waals surface area contributed by atoms with Crippen LogP contribution in [0.5, 0.6) is 0 Å². The Balaban J connectivity index is 3.78. The van der Waals surface area contributed by atoms with E-state index in [0.717, 1.165) is 0 Å². The Kier molecular flexibility index (Phi) is 4.46. The first-order valence-electron chi connectivity index (χ1n) is 3.93. The van der Waals surface area contributed by atoms with Gasteiger partial charge in [-0.1, -0.05) is 46.4 Å². The number of hydroxylamine groups is 1. The molecule has 0 unspecified atom stereocenters. The van der Waals surface area contributed by atoms with Gasteiger partial charge in [-0.15, -0.1) is 0 Å². The fraction of sp³-hybridized carbons (Fsp3) is 0. The van der Waals surface area contributed by atoms with Crippen LogP contribution in [0.2, 0.25) is 20.1 Å². The van der Waals surface area contributed by atoms with Gasteiger partial charge >= 0.3 is 0 Å². The Morgan fingerprint density at radius 3 is 1.71 bits per heavy atom. The molecule has 0 saturated carbocycles. The van der Waals surface area contributed by atoms with E-state index in [4.69, 9.17) is 57.3 Å². The third-order valence-electron chi connectivity index (χ3n) is 1.84. The highest BCUT2D eigenvalue weighted by Gasteiger charge is 2.27. The molecule has 92 valence electrons. The number of carbonyl (C=O) groups excluding carboxylic acids is 2. The molecule has 0 aliphatic heterocycles. The SMILES string of the molecule is NC(=O)c1c(Cl)c(Cl)c(Cl)c(Cl)c1C(=O)NO. The summed E-state index contributed by atoms with van der Waals surface area (Å²) in [6, 6.07) is 0. The molecule has 0 fully saturated rings. The van der Waals surface area contributed by atoms with Gasteiger partial charge in [-0.25, -0.2) is 5.48 Å². The molecular weight excluding hydrogens is 314 g/mol. The molecule has 4 N–H and O–H groups in total. The molecule has 0 saturated heterocycles. The summed E-state index contributed by atoms with van der Waals surface area (Å²) in [4.78, 5) is 22.6. The summed E-state index contributed by atoms with van der Waals surface area (Å²) in [5, 5.41) is 7.47. The first kappa shape index (κ1) is 14.3. The zero-order valence-corrected chi connectivity index (χ0v) is 10.9. The minimum Gasteiger partial charge on any atom is -0.366 e. The minimum absolute atomic E-state index is 0.207. The molecule has 0 aliphatic carbocycles. The van der Waals surface area contributed by atoms with Crippen LogP contribution < -0.4 is 11.2 Å². The molecule has 2 amide bonds. The number of amides is 2. The molecule has 0 bridgehead atoms. The average Bonchev–Trinajstić information content (AvgIpc) is 2.29. The summed E-state index contributed by atoms with van der Waals surface area (Å²) < 4.78 is 0. The molecule has 0 heterocycles. The van der Waals surface area contributed by atoms with Crippen LogP contribution in [-0.4, -0.2) is 17.0 Å². The van der Waals surface area contributed by atoms with E-state index < -0.39 is 22.9 Å². The Bertz CT molecular complexity index is 518. The predicted octanol–water partition coefficient (Wildman–Crippen LogP) is 2.52. The Morgan fingerprint density at radius 1 is 0.941 bits per heavy atom. The van der Waals surface area contributed by atoms with Crippen molar-refractivity contribution in [2.45, 2.75) is 0 Å². The fourth-order valence-electron chi connectivity index (χ4n) is 1.13. The summed E-state index contributed by atoms with van der Waals surface area (Å²) >= 11 is 22.9. The van der Waals surface area contributed by atoms with Gasteiger partial charge in [-0.3, -0.25) is 14.8 Å². The van der Waals surface area contributed by atoms with Crippen molar-refractivity contribution in [1.29, 1.82) is 0 Å². The molecule has 0 aromatic heterocycles. The second-order valence-electron chi connectivity index (χ2n) is 2.81. The summed E-state index contributed by atoms with van der Waals surface area (Å²) in [5.41, 5.74) is 5.49. The number of carbonyl (C=O) groups is 2. The molecule has 0 radical (unpaired) electrons. The van der Waals surface area contributed by atoms with E-state index in [-0.39, 0.29) is 20.1 Å². The Morgan fingerprint density at radius 2 is 1.35 bits per heavy atom. The number of primary amides is 1. The Hall–Kier alpha value is -0.720. The maximum Gasteiger partial charge on any atom is 0.277 e. The van der Waals surface area contributed by atoms with Gasteiger partial charge in [0.2, 0.25) is 0 Å². The zero-order valence-electron chi connectivity index (χ0n) is 7.85. The lowest BCUT2D eigenvalue weighted by molar-refractivity contribution is 0.0703. The second kappa shape index (κ2) is 5.29. The summed E-state index contributed by atoms with van der Waals surface area (Å²) in [7, 11) is 0. The van der Waals surface area contributed by atoms with Crippen molar-refractivity contribution < 1.29 is 14.8 Å². The van der Waals surface area contributed by atoms with Crippen molar-refractivity contribution in [3.05, 3.63) is 31.2 Å². The lowest BCUT2D eigenvalue weighted by Crippen LogP contribution is -2.25. The summed E-state index contributed by atoms with van der Waals surface area (Å²) in [6.07, 6.45) is 0. The lowest BCUT2D eigenvalue weighted by Gasteiger charge is -2.12. The molecule has 0 atom stereocenters. The van der Waals surface area contributed by atoms with Crippen LogP contribution >= 0.6 is 46.4 Å². The predicted molar refractivity (Wildman–Crippen MR) is 64.3 cm³/mol. The van der Waals surface area contributed by atoms with Crippen LogP contribution in [0.4, 0.5) is 0 Å². The van der Waals surface area contributed by atoms with Crippen molar-refractivity contribution in [1.82, 2.24) is 5.48 Å². The van der Waals surface area contributed by atoms with Gasteiger partial charge in [0.05, 0.1) is 31.2 Å². The van der Waals surface area contributed by atoms with Crippen LogP contribution in [0.1, 0.15) is 20.7 Å². The normalized spacial score (nSPS) is 10.2. The smallest absolute Gasteiger partial charge is 0.277 e. The molecule has 1 aromatic rings. The van der Waals surface area contributed by atoms with Crippen LogP contribution in [0.15, 0.2) is 0 Å². The Labute approximate surface area is 115 Å². The lowest BCUT2D eigenvalue weighted by atomic mass is 10.1. The molecule has 9 heteroatoms. The first-order chi connectivity index (χ1) is 7.82. The third-order valence-corrected chi connectivity index (χ3v) is 3.64. The topological polar surface area (TPSA) is 92.4 Å². The van der Waals surface area contributed by atoms with E-state index in [9.17, 15) is 9.59 Å². The number of hydrogen-bond acceptors (Lipinski definition) is 3. The van der Waals surface area contributed by atoms with Crippen LogP contribution in [0.3, 0.4) is 0 Å². The quantitative estimate of drug-likeness (QED) is 0.339. The molecule has 1 aromatic carbocycles. The van der Waals surface area contributed by atoms with Gasteiger partial charge in [-0.05, 0) is 0 Å². The van der Waals surface area contributed by atoms with Crippen molar-refractivity contribution >= 4 is 58.2 Å². The van der Waals surface area contributed by atoms with E-state index in [1.54, 1.807) is 0 Å². The molecule has 17 heavy (non-hydrogen) atoms. The highest BCUT2D eigenvalue weighted by molar-refractivity contribution is 6.54. The largest absolute Gasteiger partial charge is 0.366 e. The highest BCUT2D eigenvalue weighted by Crippen LogP contribution is 2.41. The first-order valence-corrected chi connectivity index (χ1v) is 5.44. The van der Waals surface area contributed by atoms with E-state index in [1.807, 2.05) is 0 Å². The minimum atomic E-state index is -1.08. The number of nitrogens with two attached hydrogens (primary N) is 1. The van der Waals surface area contributed by atoms with Crippen molar-refractivity contribution in [2.75, 3.05) is 0 Å². The van der Waals surface area contributed by atoms with E-state index in [0.29, 0.717) is 0 Å². The average molecular weight is 318 g/mol. The van der Waals surface area contributed by atoms with E-state index in [1.165, 1.54) is 5.48 Å². The maximum absolute atomic E-state index is 11.4. The number of hydrogen-bond donors (Lipinski definition) is 3. The zero-order chi connectivity index (χ0) is 13.3. The van der Waals surface area contributed by atoms with Gasteiger partial charge in [0.15, 0.2) is 0 Å². The van der Waals surface area contributed by atoms with Crippen LogP contribution in [0, 0.1) is 0 Å². The molecule has 0 spiro atoms. The molecule has 5 nitrogen and oxygen atoms in total. The van der Waals surface area contributed by atoms with Gasteiger partial charge in [0.25, 0.3) is 11.8 Å². The van der Waals surface area contributed by atoms with Crippen LogP contribution in [-0.2, 0) is 0 Å². The molecule has 0 aliphatic rings. The van der Waals surface area contributed by atoms with Gasteiger partial charge in [0.1, 0.15) is 0 Å². The highest BCUT2D eigenvalue weighted by atomic mass is 35.5. The van der Waals surface area contributed by atoms with Crippen LogP contribution in [0.25, 0.3) is 0 Å². The van der Waals surface area contributed by atoms with Gasteiger partial charge in [0, 0.05) is 0 Å². The maximum atomic E-state index is 11.4. The third kappa shape index (κ3) is 2.43. The molecular formula is C8H4Cl4N2O3. The summed E-state index contributed by atoms with van der Waals surface area (Å²) in [5.74, 6) is -2.11. The fourth-order valence-corrected chi connectivity index (χ4v) is 2.16. The van der Waals surface area contributed by atoms with Crippen molar-refractivity contribution in [2.24, 2.45) is 5.73 Å².